The van der Waals surface area contributed by atoms with Gasteiger partial charge in [-0.3, -0.25) is 9.78 Å². The normalized spacial score (nSPS) is 13.0. The van der Waals surface area contributed by atoms with E-state index in [1.54, 1.807) is 31.5 Å². The van der Waals surface area contributed by atoms with E-state index in [0.29, 0.717) is 5.69 Å². The first-order valence-electron chi connectivity index (χ1n) is 8.08. The van der Waals surface area contributed by atoms with Gasteiger partial charge in [0.25, 0.3) is 10.0 Å². The number of sulfonamides is 1. The Morgan fingerprint density at radius 2 is 1.92 bits per heavy atom. The summed E-state index contributed by atoms with van der Waals surface area (Å²) in [6.45, 7) is 3.58. The Morgan fingerprint density at radius 3 is 2.62 bits per heavy atom. The van der Waals surface area contributed by atoms with Crippen LogP contribution in [0.4, 0.5) is 5.69 Å². The molecule has 0 saturated heterocycles. The number of hydrogen-bond acceptors (Lipinski definition) is 5. The van der Waals surface area contributed by atoms with Gasteiger partial charge in [-0.05, 0) is 29.5 Å². The Bertz CT molecular complexity index is 1020. The first-order valence-corrected chi connectivity index (χ1v) is 10.4. The van der Waals surface area contributed by atoms with E-state index in [-0.39, 0.29) is 10.1 Å². The largest absolute Gasteiger partial charge is 0.323 e. The molecule has 3 rings (SSSR count). The van der Waals surface area contributed by atoms with Crippen LogP contribution >= 0.6 is 11.3 Å². The molecule has 0 unspecified atom stereocenters. The molecule has 2 N–H and O–H groups in total. The number of carbonyl (C=O) groups excluding carboxylic acids is 1. The molecule has 0 saturated carbocycles. The zero-order valence-corrected chi connectivity index (χ0v) is 16.0. The van der Waals surface area contributed by atoms with Crippen molar-refractivity contribution in [2.45, 2.75) is 24.1 Å². The van der Waals surface area contributed by atoms with E-state index in [2.05, 4.69) is 15.0 Å². The molecule has 0 aliphatic rings. The van der Waals surface area contributed by atoms with Gasteiger partial charge in [-0.15, -0.1) is 11.3 Å². The van der Waals surface area contributed by atoms with Crippen molar-refractivity contribution in [3.8, 4) is 0 Å². The average molecular weight is 390 g/mol. The lowest BCUT2D eigenvalue weighted by Gasteiger charge is -2.21. The van der Waals surface area contributed by atoms with Gasteiger partial charge in [0.15, 0.2) is 0 Å². The molecule has 3 aromatic rings. The number of anilines is 1. The van der Waals surface area contributed by atoms with Crippen molar-refractivity contribution in [1.82, 2.24) is 9.71 Å². The predicted octanol–water partition coefficient (Wildman–Crippen LogP) is 3.24. The van der Waals surface area contributed by atoms with E-state index in [1.807, 2.05) is 30.3 Å². The molecular formula is C18H19N3O3S2. The van der Waals surface area contributed by atoms with Crippen LogP contribution in [0.5, 0.6) is 0 Å². The van der Waals surface area contributed by atoms with Crippen LogP contribution < -0.4 is 10.0 Å². The number of para-hydroxylation sites is 1. The zero-order valence-electron chi connectivity index (χ0n) is 14.3. The molecule has 1 amide bonds. The van der Waals surface area contributed by atoms with Crippen molar-refractivity contribution in [2.24, 2.45) is 5.92 Å². The number of thiophene rings is 1. The highest BCUT2D eigenvalue weighted by atomic mass is 32.2. The van der Waals surface area contributed by atoms with Crippen LogP contribution in [0.15, 0.2) is 58.3 Å². The van der Waals surface area contributed by atoms with Crippen LogP contribution in [0, 0.1) is 5.92 Å². The van der Waals surface area contributed by atoms with E-state index in [9.17, 15) is 13.2 Å². The minimum atomic E-state index is -3.74. The van der Waals surface area contributed by atoms with Gasteiger partial charge in [0.2, 0.25) is 5.91 Å². The highest BCUT2D eigenvalue weighted by molar-refractivity contribution is 7.91. The molecule has 1 aromatic carbocycles. The van der Waals surface area contributed by atoms with E-state index in [4.69, 9.17) is 0 Å². The summed E-state index contributed by atoms with van der Waals surface area (Å²) in [5.41, 5.74) is 1.35. The van der Waals surface area contributed by atoms with E-state index in [1.165, 1.54) is 6.07 Å². The maximum Gasteiger partial charge on any atom is 0.250 e. The van der Waals surface area contributed by atoms with Crippen molar-refractivity contribution >= 4 is 43.9 Å². The number of nitrogens with zero attached hydrogens (tertiary/aromatic N) is 1. The Morgan fingerprint density at radius 1 is 1.15 bits per heavy atom. The lowest BCUT2D eigenvalue weighted by atomic mass is 10.0. The molecule has 0 aliphatic carbocycles. The molecule has 0 aliphatic heterocycles. The molecule has 8 heteroatoms. The van der Waals surface area contributed by atoms with Crippen LogP contribution in [0.2, 0.25) is 0 Å². The molecular weight excluding hydrogens is 370 g/mol. The van der Waals surface area contributed by atoms with Crippen molar-refractivity contribution in [3.63, 3.8) is 0 Å². The average Bonchev–Trinajstić information content (AvgIpc) is 3.15. The van der Waals surface area contributed by atoms with E-state index < -0.39 is 22.0 Å². The zero-order chi connectivity index (χ0) is 18.7. The molecule has 0 fully saturated rings. The van der Waals surface area contributed by atoms with Gasteiger partial charge in [0.1, 0.15) is 10.3 Å². The maximum absolute atomic E-state index is 12.7. The number of aromatic nitrogens is 1. The van der Waals surface area contributed by atoms with Crippen molar-refractivity contribution in [2.75, 3.05) is 5.32 Å². The first kappa shape index (κ1) is 18.5. The molecule has 0 bridgehead atoms. The van der Waals surface area contributed by atoms with Crippen molar-refractivity contribution < 1.29 is 13.2 Å². The maximum atomic E-state index is 12.7. The Kier molecular flexibility index (Phi) is 5.36. The molecule has 2 heterocycles. The SMILES string of the molecule is CC(C)[C@@H](NS(=O)(=O)c1cccs1)C(=O)Nc1cnc2ccccc2c1. The van der Waals surface area contributed by atoms with Crippen molar-refractivity contribution in [1.29, 1.82) is 0 Å². The van der Waals surface area contributed by atoms with E-state index in [0.717, 1.165) is 22.2 Å². The number of fused-ring (bicyclic) bond motifs is 1. The quantitative estimate of drug-likeness (QED) is 0.677. The topological polar surface area (TPSA) is 88.2 Å². The standard InChI is InChI=1S/C18H19N3O3S2/c1-12(2)17(21-26(23,24)16-8-5-9-25-16)18(22)20-14-10-13-6-3-4-7-15(13)19-11-14/h3-12,17,21H,1-2H3,(H,20,22)/t17-/m1/s1. The summed E-state index contributed by atoms with van der Waals surface area (Å²) in [5, 5.41) is 5.33. The highest BCUT2D eigenvalue weighted by Gasteiger charge is 2.29. The number of pyridine rings is 1. The Labute approximate surface area is 156 Å². The lowest BCUT2D eigenvalue weighted by Crippen LogP contribution is -2.46. The number of amides is 1. The second kappa shape index (κ2) is 7.53. The van der Waals surface area contributed by atoms with Crippen LogP contribution in [-0.2, 0) is 14.8 Å². The number of benzene rings is 1. The Balaban J connectivity index is 1.80. The summed E-state index contributed by atoms with van der Waals surface area (Å²) in [5.74, 6) is -0.643. The second-order valence-electron chi connectivity index (χ2n) is 6.18. The summed E-state index contributed by atoms with van der Waals surface area (Å²) < 4.78 is 27.6. The van der Waals surface area contributed by atoms with Crippen molar-refractivity contribution in [3.05, 3.63) is 54.0 Å². The van der Waals surface area contributed by atoms with Gasteiger partial charge < -0.3 is 5.32 Å². The summed E-state index contributed by atoms with van der Waals surface area (Å²) in [7, 11) is -3.74. The molecule has 2 aromatic heterocycles. The Hall–Kier alpha value is -2.29. The van der Waals surface area contributed by atoms with Gasteiger partial charge in [-0.25, -0.2) is 8.42 Å². The third-order valence-corrected chi connectivity index (χ3v) is 6.69. The summed E-state index contributed by atoms with van der Waals surface area (Å²) in [6.07, 6.45) is 1.56. The van der Waals surface area contributed by atoms with Gasteiger partial charge in [0, 0.05) is 5.39 Å². The van der Waals surface area contributed by atoms with Crippen LogP contribution in [-0.4, -0.2) is 25.4 Å². The van der Waals surface area contributed by atoms with Gasteiger partial charge in [-0.2, -0.15) is 4.72 Å². The minimum Gasteiger partial charge on any atom is -0.323 e. The molecule has 136 valence electrons. The molecule has 26 heavy (non-hydrogen) atoms. The summed E-state index contributed by atoms with van der Waals surface area (Å²) >= 11 is 1.11. The number of hydrogen-bond donors (Lipinski definition) is 2. The van der Waals surface area contributed by atoms with Crippen LogP contribution in [0.25, 0.3) is 10.9 Å². The fourth-order valence-corrected chi connectivity index (χ4v) is 4.85. The summed E-state index contributed by atoms with van der Waals surface area (Å²) in [4.78, 5) is 17.0. The third kappa shape index (κ3) is 4.09. The fourth-order valence-electron chi connectivity index (χ4n) is 2.49. The predicted molar refractivity (Wildman–Crippen MR) is 104 cm³/mol. The third-order valence-electron chi connectivity index (χ3n) is 3.85. The number of nitrogens with one attached hydrogen (secondary N) is 2. The van der Waals surface area contributed by atoms with Crippen LogP contribution in [0.1, 0.15) is 13.8 Å². The number of rotatable bonds is 6. The fraction of sp³-hybridized carbons (Fsp3) is 0.222. The van der Waals surface area contributed by atoms with Gasteiger partial charge >= 0.3 is 0 Å². The molecule has 0 radical (unpaired) electrons. The van der Waals surface area contributed by atoms with Gasteiger partial charge in [-0.1, -0.05) is 38.1 Å². The smallest absolute Gasteiger partial charge is 0.250 e. The molecule has 6 nitrogen and oxygen atoms in total. The number of carbonyl (C=O) groups is 1. The highest BCUT2D eigenvalue weighted by Crippen LogP contribution is 2.19. The minimum absolute atomic E-state index is 0.184. The van der Waals surface area contributed by atoms with Crippen LogP contribution in [0.3, 0.4) is 0 Å². The lowest BCUT2D eigenvalue weighted by molar-refractivity contribution is -0.118. The monoisotopic (exact) mass is 389 g/mol. The van der Waals surface area contributed by atoms with Gasteiger partial charge in [0.05, 0.1) is 17.4 Å². The molecule has 0 spiro atoms. The summed E-state index contributed by atoms with van der Waals surface area (Å²) in [6, 6.07) is 11.6. The second-order valence-corrected chi connectivity index (χ2v) is 9.07. The molecule has 1 atom stereocenters. The first-order chi connectivity index (χ1) is 12.4. The van der Waals surface area contributed by atoms with E-state index >= 15 is 0 Å².